The van der Waals surface area contributed by atoms with Crippen LogP contribution in [0.2, 0.25) is 0 Å². The standard InChI is InChI=1S/C19H20O7/c1-18(2,3)26-13(20)8-19(17(23)24)14-12(9-25-19)15(21)10-6-4-5-7-11(10)16(14)22/h4-7,21-22H,8-9H2,1-3H3,(H,23,24). The molecule has 1 aliphatic heterocycles. The normalized spacial score (nSPS) is 19.3. The van der Waals surface area contributed by atoms with Crippen LogP contribution < -0.4 is 0 Å². The number of carbonyl (C=O) groups is 2. The lowest BCUT2D eigenvalue weighted by molar-refractivity contribution is -0.179. The van der Waals surface area contributed by atoms with Crippen molar-refractivity contribution in [3.05, 3.63) is 35.4 Å². The highest BCUT2D eigenvalue weighted by Crippen LogP contribution is 2.51. The van der Waals surface area contributed by atoms with Gasteiger partial charge in [-0.2, -0.15) is 0 Å². The molecule has 0 aromatic heterocycles. The summed E-state index contributed by atoms with van der Waals surface area (Å²) in [4.78, 5) is 24.3. The SMILES string of the molecule is CC(C)(C)OC(=O)CC1(C(=O)O)OCc2c1c(O)c1ccccc1c2O. The fraction of sp³-hybridized carbons (Fsp3) is 0.368. The molecular formula is C19H20O7. The molecular weight excluding hydrogens is 340 g/mol. The van der Waals surface area contributed by atoms with E-state index in [-0.39, 0.29) is 34.6 Å². The predicted octanol–water partition coefficient (Wildman–Crippen LogP) is 2.79. The van der Waals surface area contributed by atoms with E-state index in [1.165, 1.54) is 0 Å². The number of carboxylic acids is 1. The molecule has 1 unspecified atom stereocenters. The van der Waals surface area contributed by atoms with Gasteiger partial charge in [0.2, 0.25) is 5.60 Å². The summed E-state index contributed by atoms with van der Waals surface area (Å²) in [6.07, 6.45) is -0.627. The Morgan fingerprint density at radius 3 is 2.27 bits per heavy atom. The Labute approximate surface area is 149 Å². The molecule has 1 aliphatic rings. The highest BCUT2D eigenvalue weighted by Gasteiger charge is 2.53. The number of rotatable bonds is 3. The molecule has 0 fully saturated rings. The van der Waals surface area contributed by atoms with Crippen LogP contribution in [0.3, 0.4) is 0 Å². The van der Waals surface area contributed by atoms with Crippen LogP contribution in [0.15, 0.2) is 24.3 Å². The first-order chi connectivity index (χ1) is 12.1. The second kappa shape index (κ2) is 5.88. The monoisotopic (exact) mass is 360 g/mol. The van der Waals surface area contributed by atoms with E-state index < -0.39 is 29.6 Å². The zero-order valence-electron chi connectivity index (χ0n) is 14.7. The van der Waals surface area contributed by atoms with E-state index in [1.54, 1.807) is 45.0 Å². The van der Waals surface area contributed by atoms with Gasteiger partial charge in [0.15, 0.2) is 0 Å². The van der Waals surface area contributed by atoms with Gasteiger partial charge in [0.25, 0.3) is 0 Å². The Bertz CT molecular complexity index is 910. The van der Waals surface area contributed by atoms with Gasteiger partial charge in [0, 0.05) is 21.9 Å². The molecule has 0 amide bonds. The van der Waals surface area contributed by atoms with Gasteiger partial charge >= 0.3 is 11.9 Å². The highest BCUT2D eigenvalue weighted by molar-refractivity contribution is 5.99. The zero-order chi connectivity index (χ0) is 19.3. The molecule has 138 valence electrons. The van der Waals surface area contributed by atoms with Gasteiger partial charge in [-0.15, -0.1) is 0 Å². The lowest BCUT2D eigenvalue weighted by atomic mass is 9.86. The van der Waals surface area contributed by atoms with E-state index in [4.69, 9.17) is 9.47 Å². The molecule has 7 nitrogen and oxygen atoms in total. The minimum atomic E-state index is -2.12. The average molecular weight is 360 g/mol. The third kappa shape index (κ3) is 2.74. The van der Waals surface area contributed by atoms with Crippen molar-refractivity contribution >= 4 is 22.7 Å². The molecule has 0 radical (unpaired) electrons. The van der Waals surface area contributed by atoms with Crippen molar-refractivity contribution < 1.29 is 34.4 Å². The van der Waals surface area contributed by atoms with E-state index >= 15 is 0 Å². The number of aliphatic carboxylic acids is 1. The largest absolute Gasteiger partial charge is 0.507 e. The molecule has 1 heterocycles. The number of fused-ring (bicyclic) bond motifs is 2. The average Bonchev–Trinajstić information content (AvgIpc) is 2.91. The molecule has 26 heavy (non-hydrogen) atoms. The van der Waals surface area contributed by atoms with Gasteiger partial charge in [-0.3, -0.25) is 4.79 Å². The number of carbonyl (C=O) groups excluding carboxylic acids is 1. The van der Waals surface area contributed by atoms with Crippen molar-refractivity contribution in [1.82, 2.24) is 0 Å². The summed E-state index contributed by atoms with van der Waals surface area (Å²) < 4.78 is 10.7. The Hall–Kier alpha value is -2.80. The molecule has 1 atom stereocenters. The van der Waals surface area contributed by atoms with Gasteiger partial charge in [0.1, 0.15) is 17.1 Å². The number of carboxylic acid groups (broad SMARTS) is 1. The van der Waals surface area contributed by atoms with E-state index in [0.29, 0.717) is 5.39 Å². The number of aromatic hydroxyl groups is 2. The quantitative estimate of drug-likeness (QED) is 0.570. The maximum absolute atomic E-state index is 12.3. The number of hydrogen-bond acceptors (Lipinski definition) is 6. The fourth-order valence-electron chi connectivity index (χ4n) is 3.26. The first-order valence-electron chi connectivity index (χ1n) is 8.12. The maximum Gasteiger partial charge on any atom is 0.341 e. The smallest absolute Gasteiger partial charge is 0.341 e. The Kier molecular flexibility index (Phi) is 4.07. The first-order valence-corrected chi connectivity index (χ1v) is 8.12. The number of esters is 1. The molecule has 0 saturated heterocycles. The van der Waals surface area contributed by atoms with Crippen molar-refractivity contribution in [1.29, 1.82) is 0 Å². The Morgan fingerprint density at radius 2 is 1.73 bits per heavy atom. The molecule has 3 rings (SSSR count). The van der Waals surface area contributed by atoms with Crippen molar-refractivity contribution in [3.63, 3.8) is 0 Å². The molecule has 0 aliphatic carbocycles. The van der Waals surface area contributed by atoms with E-state index in [9.17, 15) is 24.9 Å². The van der Waals surface area contributed by atoms with Crippen molar-refractivity contribution in [2.24, 2.45) is 0 Å². The number of phenolic OH excluding ortho intramolecular Hbond substituents is 2. The van der Waals surface area contributed by atoms with Gasteiger partial charge in [-0.1, -0.05) is 24.3 Å². The van der Waals surface area contributed by atoms with Gasteiger partial charge in [0.05, 0.1) is 13.0 Å². The number of hydrogen-bond donors (Lipinski definition) is 3. The summed E-state index contributed by atoms with van der Waals surface area (Å²) in [5.41, 5.74) is -2.87. The third-order valence-corrected chi connectivity index (χ3v) is 4.29. The zero-order valence-corrected chi connectivity index (χ0v) is 14.7. The fourth-order valence-corrected chi connectivity index (χ4v) is 3.26. The Morgan fingerprint density at radius 1 is 1.15 bits per heavy atom. The summed E-state index contributed by atoms with van der Waals surface area (Å²) in [5.74, 6) is -2.70. The summed E-state index contributed by atoms with van der Waals surface area (Å²) in [7, 11) is 0. The van der Waals surface area contributed by atoms with Crippen LogP contribution in [0, 0.1) is 0 Å². The van der Waals surface area contributed by atoms with Crippen LogP contribution in [-0.4, -0.2) is 32.9 Å². The van der Waals surface area contributed by atoms with Crippen molar-refractivity contribution in [3.8, 4) is 11.5 Å². The maximum atomic E-state index is 12.3. The van der Waals surface area contributed by atoms with Crippen LogP contribution in [-0.2, 0) is 31.3 Å². The molecule has 0 saturated carbocycles. The minimum absolute atomic E-state index is 0.105. The van der Waals surface area contributed by atoms with Crippen LogP contribution in [0.1, 0.15) is 38.3 Å². The Balaban J connectivity index is 2.18. The van der Waals surface area contributed by atoms with Gasteiger partial charge in [-0.25, -0.2) is 4.79 Å². The molecule has 0 bridgehead atoms. The molecule has 2 aromatic carbocycles. The number of benzene rings is 2. The van der Waals surface area contributed by atoms with Crippen molar-refractivity contribution in [2.45, 2.75) is 45.0 Å². The molecule has 7 heteroatoms. The topological polar surface area (TPSA) is 113 Å². The highest BCUT2D eigenvalue weighted by atomic mass is 16.6. The van der Waals surface area contributed by atoms with Crippen LogP contribution >= 0.6 is 0 Å². The molecule has 2 aromatic rings. The van der Waals surface area contributed by atoms with E-state index in [1.807, 2.05) is 0 Å². The number of ether oxygens (including phenoxy) is 2. The summed E-state index contributed by atoms with van der Waals surface area (Å²) in [5, 5.41) is 31.7. The molecule has 0 spiro atoms. The summed E-state index contributed by atoms with van der Waals surface area (Å²) >= 11 is 0. The first kappa shape index (κ1) is 18.0. The number of phenols is 2. The van der Waals surface area contributed by atoms with Gasteiger partial charge < -0.3 is 24.8 Å². The lowest BCUT2D eigenvalue weighted by Crippen LogP contribution is -2.39. The summed E-state index contributed by atoms with van der Waals surface area (Å²) in [6.45, 7) is 4.75. The third-order valence-electron chi connectivity index (χ3n) is 4.29. The van der Waals surface area contributed by atoms with E-state index in [2.05, 4.69) is 0 Å². The van der Waals surface area contributed by atoms with Crippen LogP contribution in [0.25, 0.3) is 10.8 Å². The van der Waals surface area contributed by atoms with Crippen LogP contribution in [0.5, 0.6) is 11.5 Å². The van der Waals surface area contributed by atoms with Gasteiger partial charge in [-0.05, 0) is 20.8 Å². The molecule has 3 N–H and O–H groups in total. The van der Waals surface area contributed by atoms with Crippen LogP contribution in [0.4, 0.5) is 0 Å². The second-order valence-corrected chi connectivity index (χ2v) is 7.28. The minimum Gasteiger partial charge on any atom is -0.507 e. The summed E-state index contributed by atoms with van der Waals surface area (Å²) in [6, 6.07) is 6.51. The second-order valence-electron chi connectivity index (χ2n) is 7.28. The van der Waals surface area contributed by atoms with E-state index in [0.717, 1.165) is 0 Å². The predicted molar refractivity (Wildman–Crippen MR) is 91.8 cm³/mol. The lowest BCUT2D eigenvalue weighted by Gasteiger charge is -2.27. The van der Waals surface area contributed by atoms with Crippen molar-refractivity contribution in [2.75, 3.05) is 0 Å².